The van der Waals surface area contributed by atoms with E-state index in [4.69, 9.17) is 23.2 Å². The molecule has 2 rings (SSSR count). The van der Waals surface area contributed by atoms with E-state index in [2.05, 4.69) is 27.3 Å². The van der Waals surface area contributed by atoms with Gasteiger partial charge >= 0.3 is 6.09 Å². The van der Waals surface area contributed by atoms with Crippen molar-refractivity contribution in [1.82, 2.24) is 4.90 Å². The van der Waals surface area contributed by atoms with E-state index in [1.54, 1.807) is 0 Å². The Hall–Kier alpha value is -1.74. The molecule has 0 unspecified atom stereocenters. The third-order valence-electron chi connectivity index (χ3n) is 4.45. The number of benzene rings is 1. The number of halogens is 2. The molecule has 0 spiro atoms. The van der Waals surface area contributed by atoms with E-state index >= 15 is 0 Å². The summed E-state index contributed by atoms with van der Waals surface area (Å²) < 4.78 is 5.09. The number of aromatic hydroxyl groups is 1. The van der Waals surface area contributed by atoms with Gasteiger partial charge in [0, 0.05) is 13.1 Å². The van der Waals surface area contributed by atoms with Gasteiger partial charge in [-0.05, 0) is 13.1 Å². The lowest BCUT2D eigenvalue weighted by atomic mass is 10.2. The molecule has 2 amide bonds. The molecule has 3 N–H and O–H groups in total. The van der Waals surface area contributed by atoms with Gasteiger partial charge in [0.05, 0.1) is 43.6 Å². The van der Waals surface area contributed by atoms with Gasteiger partial charge in [-0.25, -0.2) is 4.79 Å². The summed E-state index contributed by atoms with van der Waals surface area (Å²) in [4.78, 5) is 26.0. The first-order chi connectivity index (χ1) is 12.1. The molecule has 1 aliphatic rings. The monoisotopic (exact) mass is 405 g/mol. The number of quaternary nitrogens is 1. The number of rotatable bonds is 4. The van der Waals surface area contributed by atoms with Crippen molar-refractivity contribution in [2.75, 3.05) is 64.6 Å². The van der Waals surface area contributed by atoms with Gasteiger partial charge in [-0.2, -0.15) is 0 Å². The summed E-state index contributed by atoms with van der Waals surface area (Å²) in [7, 11) is 5.26. The predicted octanol–water partition coefficient (Wildman–Crippen LogP) is 2.21. The van der Waals surface area contributed by atoms with Crippen molar-refractivity contribution in [2.24, 2.45) is 0 Å². The number of anilines is 2. The quantitative estimate of drug-likeness (QED) is 0.527. The molecule has 10 heteroatoms. The fourth-order valence-corrected chi connectivity index (χ4v) is 3.26. The molecule has 1 fully saturated rings. The largest absolute Gasteiger partial charge is 0.504 e. The van der Waals surface area contributed by atoms with Gasteiger partial charge in [0.25, 0.3) is 5.91 Å². The summed E-state index contributed by atoms with van der Waals surface area (Å²) in [5.74, 6) is -0.634. The van der Waals surface area contributed by atoms with Crippen molar-refractivity contribution in [3.63, 3.8) is 0 Å². The lowest BCUT2D eigenvalue weighted by molar-refractivity contribution is -0.905. The minimum atomic E-state index is -0.780. The SMILES string of the molecule is COC(=O)Nc1c(Cl)cc(NC(=O)C[N+]2(C)CCN(C)CC2)c(O)c1Cl. The molecule has 0 saturated carbocycles. The van der Waals surface area contributed by atoms with Crippen LogP contribution in [0.5, 0.6) is 5.75 Å². The lowest BCUT2D eigenvalue weighted by Crippen LogP contribution is -2.58. The number of nitrogens with one attached hydrogen (secondary N) is 2. The number of phenolic OH excluding ortho intramolecular Hbond substituents is 1. The molecule has 0 radical (unpaired) electrons. The van der Waals surface area contributed by atoms with E-state index in [1.807, 2.05) is 7.05 Å². The molecule has 0 bridgehead atoms. The van der Waals surface area contributed by atoms with Crippen LogP contribution in [0, 0.1) is 0 Å². The average Bonchev–Trinajstić information content (AvgIpc) is 2.58. The van der Waals surface area contributed by atoms with Crippen LogP contribution in [-0.4, -0.2) is 80.4 Å². The molecular formula is C16H23Cl2N4O4+. The number of nitrogens with zero attached hydrogens (tertiary/aromatic N) is 2. The molecule has 1 aromatic rings. The molecule has 0 atom stereocenters. The summed E-state index contributed by atoms with van der Waals surface area (Å²) in [6, 6.07) is 1.33. The Morgan fingerprint density at radius 2 is 1.92 bits per heavy atom. The molecule has 1 saturated heterocycles. The number of carbonyl (C=O) groups excluding carboxylic acids is 2. The molecule has 1 aliphatic heterocycles. The third kappa shape index (κ3) is 4.91. The Labute approximate surface area is 162 Å². The summed E-state index contributed by atoms with van der Waals surface area (Å²) in [6.45, 7) is 3.82. The van der Waals surface area contributed by atoms with Gasteiger partial charge in [-0.3, -0.25) is 15.0 Å². The number of likely N-dealkylation sites (N-methyl/N-ethyl adjacent to an activating group) is 2. The fraction of sp³-hybridized carbons (Fsp3) is 0.500. The number of hydrogen-bond donors (Lipinski definition) is 3. The van der Waals surface area contributed by atoms with Crippen molar-refractivity contribution in [3.05, 3.63) is 16.1 Å². The van der Waals surface area contributed by atoms with E-state index < -0.39 is 6.09 Å². The van der Waals surface area contributed by atoms with Crippen molar-refractivity contribution in [1.29, 1.82) is 0 Å². The smallest absolute Gasteiger partial charge is 0.411 e. The molecule has 1 heterocycles. The summed E-state index contributed by atoms with van der Waals surface area (Å²) in [5.41, 5.74) is 0.0925. The van der Waals surface area contributed by atoms with Crippen LogP contribution in [0.2, 0.25) is 10.0 Å². The van der Waals surface area contributed by atoms with E-state index in [0.29, 0.717) is 4.48 Å². The van der Waals surface area contributed by atoms with Gasteiger partial charge in [-0.15, -0.1) is 0 Å². The number of amides is 2. The van der Waals surface area contributed by atoms with Gasteiger partial charge in [0.2, 0.25) is 0 Å². The van der Waals surface area contributed by atoms with E-state index in [9.17, 15) is 14.7 Å². The highest BCUT2D eigenvalue weighted by atomic mass is 35.5. The highest BCUT2D eigenvalue weighted by Gasteiger charge is 2.30. The molecule has 144 valence electrons. The van der Waals surface area contributed by atoms with Crippen LogP contribution in [-0.2, 0) is 9.53 Å². The highest BCUT2D eigenvalue weighted by Crippen LogP contribution is 2.42. The molecule has 0 aromatic heterocycles. The van der Waals surface area contributed by atoms with Crippen LogP contribution >= 0.6 is 23.2 Å². The normalized spacial score (nSPS) is 16.8. The van der Waals surface area contributed by atoms with Crippen LogP contribution in [0.1, 0.15) is 0 Å². The van der Waals surface area contributed by atoms with Crippen LogP contribution in [0.15, 0.2) is 6.07 Å². The maximum atomic E-state index is 12.4. The van der Waals surface area contributed by atoms with Crippen LogP contribution in [0.3, 0.4) is 0 Å². The Kier molecular flexibility index (Phi) is 6.57. The molecule has 1 aromatic carbocycles. The van der Waals surface area contributed by atoms with Crippen molar-refractivity contribution < 1.29 is 23.9 Å². The van der Waals surface area contributed by atoms with E-state index in [-0.39, 0.29) is 39.6 Å². The minimum Gasteiger partial charge on any atom is -0.504 e. The highest BCUT2D eigenvalue weighted by molar-refractivity contribution is 6.41. The number of hydrogen-bond acceptors (Lipinski definition) is 5. The first kappa shape index (κ1) is 20.6. The van der Waals surface area contributed by atoms with E-state index in [1.165, 1.54) is 13.2 Å². The van der Waals surface area contributed by atoms with Crippen molar-refractivity contribution in [3.8, 4) is 5.75 Å². The van der Waals surface area contributed by atoms with Crippen LogP contribution in [0.4, 0.5) is 16.2 Å². The van der Waals surface area contributed by atoms with Gasteiger partial charge in [-0.1, -0.05) is 23.2 Å². The summed E-state index contributed by atoms with van der Waals surface area (Å²) in [5, 5.41) is 15.1. The maximum absolute atomic E-state index is 12.4. The molecule has 0 aliphatic carbocycles. The average molecular weight is 406 g/mol. The standard InChI is InChI=1S/C16H22Cl2N4O4/c1-21-4-6-22(2,7-5-21)9-12(23)19-11-8-10(17)14(13(18)15(11)24)20-16(25)26-3/h8H,4-7,9H2,1-3H3,(H2-,19,20,23,24,25)/p+1. The Bertz CT molecular complexity index is 706. The minimum absolute atomic E-state index is 0.00810. The van der Waals surface area contributed by atoms with Gasteiger partial charge < -0.3 is 19.6 Å². The zero-order valence-corrected chi connectivity index (χ0v) is 16.4. The maximum Gasteiger partial charge on any atom is 0.411 e. The Balaban J connectivity index is 2.11. The number of methoxy groups -OCH3 is 1. The van der Waals surface area contributed by atoms with Crippen molar-refractivity contribution >= 4 is 46.6 Å². The molecular weight excluding hydrogens is 383 g/mol. The fourth-order valence-electron chi connectivity index (χ4n) is 2.71. The second-order valence-corrected chi connectivity index (χ2v) is 7.42. The zero-order chi connectivity index (χ0) is 19.5. The molecule has 26 heavy (non-hydrogen) atoms. The molecule has 8 nitrogen and oxygen atoms in total. The van der Waals surface area contributed by atoms with Gasteiger partial charge in [0.1, 0.15) is 5.02 Å². The first-order valence-electron chi connectivity index (χ1n) is 8.03. The number of ether oxygens (including phenoxy) is 1. The Morgan fingerprint density at radius 1 is 1.31 bits per heavy atom. The number of piperazine rings is 1. The second kappa shape index (κ2) is 8.30. The van der Waals surface area contributed by atoms with Crippen LogP contribution < -0.4 is 10.6 Å². The van der Waals surface area contributed by atoms with Crippen LogP contribution in [0.25, 0.3) is 0 Å². The predicted molar refractivity (Wildman–Crippen MR) is 101 cm³/mol. The summed E-state index contributed by atoms with van der Waals surface area (Å²) in [6.07, 6.45) is -0.780. The van der Waals surface area contributed by atoms with Gasteiger partial charge in [0.15, 0.2) is 12.3 Å². The van der Waals surface area contributed by atoms with E-state index in [0.717, 1.165) is 26.2 Å². The van der Waals surface area contributed by atoms with Crippen molar-refractivity contribution in [2.45, 2.75) is 0 Å². The topological polar surface area (TPSA) is 90.9 Å². The number of carbonyl (C=O) groups is 2. The number of phenols is 1. The lowest BCUT2D eigenvalue weighted by Gasteiger charge is -2.40. The zero-order valence-electron chi connectivity index (χ0n) is 14.9. The third-order valence-corrected chi connectivity index (χ3v) is 5.11. The first-order valence-corrected chi connectivity index (χ1v) is 8.78. The summed E-state index contributed by atoms with van der Waals surface area (Å²) >= 11 is 12.2. The Morgan fingerprint density at radius 3 is 2.50 bits per heavy atom. The second-order valence-electron chi connectivity index (χ2n) is 6.64.